The summed E-state index contributed by atoms with van der Waals surface area (Å²) in [6.07, 6.45) is 3.12. The number of hydrogen-bond donors (Lipinski definition) is 0. The Kier molecular flexibility index (Phi) is 6.52. The fourth-order valence-corrected chi connectivity index (χ4v) is 1.80. The van der Waals surface area contributed by atoms with Crippen LogP contribution in [-0.2, 0) is 4.74 Å². The molecule has 1 rings (SSSR count). The highest BCUT2D eigenvalue weighted by molar-refractivity contribution is 5.90. The summed E-state index contributed by atoms with van der Waals surface area (Å²) in [6, 6.07) is 0. The predicted octanol–water partition coefficient (Wildman–Crippen LogP) is 4.67. The van der Waals surface area contributed by atoms with E-state index >= 15 is 0 Å². The summed E-state index contributed by atoms with van der Waals surface area (Å²) in [4.78, 5) is 11.7. The molecular formula is C15H15F5O2. The van der Waals surface area contributed by atoms with Gasteiger partial charge in [0.1, 0.15) is 11.7 Å². The summed E-state index contributed by atoms with van der Waals surface area (Å²) in [5.74, 6) is -12.7. The van der Waals surface area contributed by atoms with E-state index in [0.717, 1.165) is 12.8 Å². The Balaban J connectivity index is 3.01. The van der Waals surface area contributed by atoms with Gasteiger partial charge in [-0.3, -0.25) is 0 Å². The molecule has 0 aromatic heterocycles. The topological polar surface area (TPSA) is 26.3 Å². The smallest absolute Gasteiger partial charge is 0.344 e. The maximum Gasteiger partial charge on any atom is 0.344 e. The normalized spacial score (nSPS) is 12.1. The average molecular weight is 322 g/mol. The van der Waals surface area contributed by atoms with Crippen molar-refractivity contribution in [3.63, 3.8) is 0 Å². The molecule has 122 valence electrons. The molecule has 0 aliphatic heterocycles. The monoisotopic (exact) mass is 322 g/mol. The highest BCUT2D eigenvalue weighted by Gasteiger charge is 2.31. The van der Waals surface area contributed by atoms with Crippen LogP contribution in [0, 0.1) is 29.1 Å². The van der Waals surface area contributed by atoms with E-state index in [0.29, 0.717) is 12.8 Å². The molecule has 7 heteroatoms. The quantitative estimate of drug-likeness (QED) is 0.182. The van der Waals surface area contributed by atoms with Crippen molar-refractivity contribution in [2.45, 2.75) is 38.7 Å². The van der Waals surface area contributed by atoms with Crippen LogP contribution in [0.2, 0.25) is 0 Å². The van der Waals surface area contributed by atoms with Crippen molar-refractivity contribution in [3.8, 4) is 0 Å². The summed E-state index contributed by atoms with van der Waals surface area (Å²) in [5.41, 5.74) is -1.60. The Bertz CT molecular complexity index is 543. The van der Waals surface area contributed by atoms with Crippen LogP contribution in [0.25, 0.3) is 0 Å². The third-order valence-corrected chi connectivity index (χ3v) is 3.03. The first-order valence-electron chi connectivity index (χ1n) is 6.70. The van der Waals surface area contributed by atoms with Gasteiger partial charge in [0.05, 0.1) is 0 Å². The molecule has 0 aliphatic carbocycles. The van der Waals surface area contributed by atoms with Crippen LogP contribution in [-0.4, -0.2) is 12.1 Å². The molecule has 0 saturated carbocycles. The number of unbranched alkanes of at least 4 members (excludes halogenated alkanes) is 2. The van der Waals surface area contributed by atoms with Crippen LogP contribution in [0.1, 0.15) is 43.0 Å². The fraction of sp³-hybridized carbons (Fsp3) is 0.400. The van der Waals surface area contributed by atoms with E-state index in [2.05, 4.69) is 6.58 Å². The van der Waals surface area contributed by atoms with Gasteiger partial charge < -0.3 is 4.74 Å². The molecule has 0 amide bonds. The molecule has 1 atom stereocenters. The first kappa shape index (κ1) is 18.1. The van der Waals surface area contributed by atoms with Crippen molar-refractivity contribution in [1.82, 2.24) is 0 Å². The van der Waals surface area contributed by atoms with Gasteiger partial charge in [-0.25, -0.2) is 26.7 Å². The number of carbonyl (C=O) groups is 1. The van der Waals surface area contributed by atoms with Gasteiger partial charge in [-0.1, -0.05) is 32.4 Å². The number of rotatable bonds is 7. The van der Waals surface area contributed by atoms with Gasteiger partial charge in [-0.15, -0.1) is 0 Å². The molecule has 0 fully saturated rings. The molecule has 2 nitrogen and oxygen atoms in total. The van der Waals surface area contributed by atoms with Gasteiger partial charge in [0.15, 0.2) is 23.3 Å². The van der Waals surface area contributed by atoms with Crippen LogP contribution in [0.3, 0.4) is 0 Å². The lowest BCUT2D eigenvalue weighted by Crippen LogP contribution is -2.20. The lowest BCUT2D eigenvalue weighted by atomic mass is 10.1. The SMILES string of the molecule is C=CC(CCCCC)OC(=O)c1c(F)c(F)c(F)c(F)c1F. The van der Waals surface area contributed by atoms with Crippen LogP contribution in [0.15, 0.2) is 12.7 Å². The standard InChI is InChI=1S/C15H15F5O2/c1-3-5-6-7-8(4-2)22-15(21)9-10(16)12(18)14(20)13(19)11(9)17/h4,8H,2-3,5-7H2,1H3. The summed E-state index contributed by atoms with van der Waals surface area (Å²) >= 11 is 0. The van der Waals surface area contributed by atoms with Gasteiger partial charge in [0, 0.05) is 0 Å². The van der Waals surface area contributed by atoms with Gasteiger partial charge in [-0.05, 0) is 12.8 Å². The van der Waals surface area contributed by atoms with E-state index < -0.39 is 46.7 Å². The first-order valence-corrected chi connectivity index (χ1v) is 6.70. The average Bonchev–Trinajstić information content (AvgIpc) is 2.50. The lowest BCUT2D eigenvalue weighted by molar-refractivity contribution is 0.0362. The van der Waals surface area contributed by atoms with E-state index in [1.165, 1.54) is 6.08 Å². The highest BCUT2D eigenvalue weighted by Crippen LogP contribution is 2.24. The molecule has 22 heavy (non-hydrogen) atoms. The zero-order valence-electron chi connectivity index (χ0n) is 11.9. The summed E-state index contributed by atoms with van der Waals surface area (Å²) in [7, 11) is 0. The number of benzene rings is 1. The Morgan fingerprint density at radius 2 is 1.55 bits per heavy atom. The van der Waals surface area contributed by atoms with Gasteiger partial charge in [0.25, 0.3) is 0 Å². The van der Waals surface area contributed by atoms with Crippen LogP contribution in [0.5, 0.6) is 0 Å². The second-order valence-electron chi connectivity index (χ2n) is 4.62. The molecule has 0 N–H and O–H groups in total. The Morgan fingerprint density at radius 3 is 2.00 bits per heavy atom. The Hall–Kier alpha value is -1.92. The molecular weight excluding hydrogens is 307 g/mol. The van der Waals surface area contributed by atoms with Gasteiger partial charge in [-0.2, -0.15) is 0 Å². The minimum atomic E-state index is -2.32. The van der Waals surface area contributed by atoms with Crippen LogP contribution in [0.4, 0.5) is 22.0 Å². The minimum Gasteiger partial charge on any atom is -0.454 e. The van der Waals surface area contributed by atoms with Crippen LogP contribution < -0.4 is 0 Å². The Labute approximate surface area is 124 Å². The van der Waals surface area contributed by atoms with E-state index in [9.17, 15) is 26.7 Å². The summed E-state index contributed by atoms with van der Waals surface area (Å²) in [5, 5.41) is 0. The maximum atomic E-state index is 13.5. The highest BCUT2D eigenvalue weighted by atomic mass is 19.2. The van der Waals surface area contributed by atoms with Crippen molar-refractivity contribution < 1.29 is 31.5 Å². The molecule has 0 heterocycles. The van der Waals surface area contributed by atoms with E-state index in [1.807, 2.05) is 6.92 Å². The molecule has 1 aromatic rings. The van der Waals surface area contributed by atoms with Gasteiger partial charge in [0.2, 0.25) is 5.82 Å². The van der Waals surface area contributed by atoms with Crippen molar-refractivity contribution >= 4 is 5.97 Å². The van der Waals surface area contributed by atoms with Crippen molar-refractivity contribution in [3.05, 3.63) is 47.3 Å². The fourth-order valence-electron chi connectivity index (χ4n) is 1.80. The van der Waals surface area contributed by atoms with Crippen molar-refractivity contribution in [2.24, 2.45) is 0 Å². The van der Waals surface area contributed by atoms with Gasteiger partial charge >= 0.3 is 5.97 Å². The zero-order chi connectivity index (χ0) is 16.9. The lowest BCUT2D eigenvalue weighted by Gasteiger charge is -2.15. The first-order chi connectivity index (χ1) is 10.3. The third-order valence-electron chi connectivity index (χ3n) is 3.03. The molecule has 0 radical (unpaired) electrons. The van der Waals surface area contributed by atoms with Crippen molar-refractivity contribution in [2.75, 3.05) is 0 Å². The number of ether oxygens (including phenoxy) is 1. The van der Waals surface area contributed by atoms with Crippen molar-refractivity contribution in [1.29, 1.82) is 0 Å². The number of carbonyl (C=O) groups excluding carboxylic acids is 1. The van der Waals surface area contributed by atoms with E-state index in [1.54, 1.807) is 0 Å². The van der Waals surface area contributed by atoms with Crippen LogP contribution >= 0.6 is 0 Å². The van der Waals surface area contributed by atoms with E-state index in [4.69, 9.17) is 4.74 Å². The predicted molar refractivity (Wildman–Crippen MR) is 69.8 cm³/mol. The molecule has 0 spiro atoms. The third kappa shape index (κ3) is 3.84. The minimum absolute atomic E-state index is 0.346. The Morgan fingerprint density at radius 1 is 1.05 bits per heavy atom. The molecule has 1 unspecified atom stereocenters. The summed E-state index contributed by atoms with van der Waals surface area (Å²) < 4.78 is 70.7. The molecule has 0 aliphatic rings. The molecule has 1 aromatic carbocycles. The number of hydrogen-bond acceptors (Lipinski definition) is 2. The molecule has 0 saturated heterocycles. The largest absolute Gasteiger partial charge is 0.454 e. The maximum absolute atomic E-state index is 13.5. The number of esters is 1. The zero-order valence-corrected chi connectivity index (χ0v) is 11.9. The number of halogens is 5. The van der Waals surface area contributed by atoms with E-state index in [-0.39, 0.29) is 0 Å². The molecule has 0 bridgehead atoms. The second-order valence-corrected chi connectivity index (χ2v) is 4.62. The second kappa shape index (κ2) is 7.91. The summed E-state index contributed by atoms with van der Waals surface area (Å²) in [6.45, 7) is 5.36.